The average Bonchev–Trinajstić information content (AvgIpc) is 2.81. The molecule has 0 unspecified atom stereocenters. The Kier molecular flexibility index (Phi) is 4.40. The minimum absolute atomic E-state index is 0.824. The van der Waals surface area contributed by atoms with Crippen LogP contribution in [0.4, 0.5) is 5.95 Å². The molecule has 3 heteroatoms. The Hall–Kier alpha value is -1.77. The van der Waals surface area contributed by atoms with Gasteiger partial charge in [0.05, 0.1) is 0 Å². The Morgan fingerprint density at radius 3 is 3.00 bits per heavy atom. The lowest BCUT2D eigenvalue weighted by Gasteiger charge is -2.09. The summed E-state index contributed by atoms with van der Waals surface area (Å²) in [6, 6.07) is 8.55. The summed E-state index contributed by atoms with van der Waals surface area (Å²) >= 11 is 0. The third kappa shape index (κ3) is 3.36. The van der Waals surface area contributed by atoms with Gasteiger partial charge in [-0.15, -0.1) is 0 Å². The van der Waals surface area contributed by atoms with Crippen molar-refractivity contribution in [1.82, 2.24) is 9.55 Å². The van der Waals surface area contributed by atoms with Gasteiger partial charge in [-0.2, -0.15) is 0 Å². The second kappa shape index (κ2) is 6.24. The first-order valence-electron chi connectivity index (χ1n) is 6.60. The first kappa shape index (κ1) is 12.7. The lowest BCUT2D eigenvalue weighted by molar-refractivity contribution is 0.635. The standard InChI is InChI=1S/C15H21N3/c1-3-4-9-18-10-8-16-15(18)17-12-14-7-5-6-13(2)11-14/h5-8,10-11H,3-4,9,12H2,1-2H3,(H,16,17). The minimum Gasteiger partial charge on any atom is -0.352 e. The number of aryl methyl sites for hydroxylation is 2. The molecular formula is C15H21N3. The number of hydrogen-bond acceptors (Lipinski definition) is 2. The van der Waals surface area contributed by atoms with Crippen LogP contribution in [0.25, 0.3) is 0 Å². The molecule has 0 spiro atoms. The van der Waals surface area contributed by atoms with Crippen molar-refractivity contribution in [2.75, 3.05) is 5.32 Å². The predicted octanol–water partition coefficient (Wildman–Crippen LogP) is 3.60. The molecule has 0 atom stereocenters. The van der Waals surface area contributed by atoms with Crippen LogP contribution < -0.4 is 5.32 Å². The van der Waals surface area contributed by atoms with Crippen molar-refractivity contribution in [3.63, 3.8) is 0 Å². The van der Waals surface area contributed by atoms with Gasteiger partial charge in [-0.25, -0.2) is 4.98 Å². The molecule has 0 fully saturated rings. The maximum absolute atomic E-state index is 4.36. The highest BCUT2D eigenvalue weighted by Gasteiger charge is 2.01. The molecule has 3 nitrogen and oxygen atoms in total. The summed E-state index contributed by atoms with van der Waals surface area (Å²) in [6.45, 7) is 6.18. The fourth-order valence-electron chi connectivity index (χ4n) is 1.99. The third-order valence-corrected chi connectivity index (χ3v) is 3.00. The SMILES string of the molecule is CCCCn1ccnc1NCc1cccc(C)c1. The molecule has 2 aromatic rings. The van der Waals surface area contributed by atoms with E-state index in [1.165, 1.54) is 24.0 Å². The molecule has 0 aliphatic rings. The third-order valence-electron chi connectivity index (χ3n) is 3.00. The number of unbranched alkanes of at least 4 members (excludes halogenated alkanes) is 1. The van der Waals surface area contributed by atoms with Crippen molar-refractivity contribution >= 4 is 5.95 Å². The van der Waals surface area contributed by atoms with Gasteiger partial charge in [0, 0.05) is 25.5 Å². The topological polar surface area (TPSA) is 29.9 Å². The molecule has 0 aliphatic carbocycles. The van der Waals surface area contributed by atoms with E-state index in [0.717, 1.165) is 19.0 Å². The van der Waals surface area contributed by atoms with Crippen molar-refractivity contribution in [1.29, 1.82) is 0 Å². The van der Waals surface area contributed by atoms with Gasteiger partial charge in [-0.05, 0) is 18.9 Å². The summed E-state index contributed by atoms with van der Waals surface area (Å²) in [5, 5.41) is 3.40. The van der Waals surface area contributed by atoms with E-state index in [0.29, 0.717) is 0 Å². The van der Waals surface area contributed by atoms with Crippen LogP contribution in [0.2, 0.25) is 0 Å². The molecule has 0 saturated heterocycles. The van der Waals surface area contributed by atoms with Gasteiger partial charge in [-0.3, -0.25) is 0 Å². The minimum atomic E-state index is 0.824. The van der Waals surface area contributed by atoms with Gasteiger partial charge < -0.3 is 9.88 Å². The van der Waals surface area contributed by atoms with E-state index >= 15 is 0 Å². The number of nitrogens with one attached hydrogen (secondary N) is 1. The number of nitrogens with zero attached hydrogens (tertiary/aromatic N) is 2. The van der Waals surface area contributed by atoms with Gasteiger partial charge in [0.25, 0.3) is 0 Å². The maximum atomic E-state index is 4.36. The van der Waals surface area contributed by atoms with Gasteiger partial charge >= 0.3 is 0 Å². The van der Waals surface area contributed by atoms with E-state index in [-0.39, 0.29) is 0 Å². The van der Waals surface area contributed by atoms with E-state index in [9.17, 15) is 0 Å². The van der Waals surface area contributed by atoms with Crippen LogP contribution in [0, 0.1) is 6.92 Å². The van der Waals surface area contributed by atoms with Gasteiger partial charge in [0.15, 0.2) is 0 Å². The highest BCUT2D eigenvalue weighted by Crippen LogP contribution is 2.10. The van der Waals surface area contributed by atoms with Gasteiger partial charge in [0.1, 0.15) is 0 Å². The van der Waals surface area contributed by atoms with Crippen LogP contribution >= 0.6 is 0 Å². The lowest BCUT2D eigenvalue weighted by Crippen LogP contribution is -2.07. The Morgan fingerprint density at radius 2 is 2.22 bits per heavy atom. The molecular weight excluding hydrogens is 222 g/mol. The monoisotopic (exact) mass is 243 g/mol. The molecule has 1 aromatic carbocycles. The molecule has 2 rings (SSSR count). The molecule has 18 heavy (non-hydrogen) atoms. The van der Waals surface area contributed by atoms with Crippen molar-refractivity contribution in [2.45, 2.75) is 39.8 Å². The van der Waals surface area contributed by atoms with E-state index in [1.807, 2.05) is 12.4 Å². The Morgan fingerprint density at radius 1 is 1.33 bits per heavy atom. The van der Waals surface area contributed by atoms with Crippen molar-refractivity contribution in [3.05, 3.63) is 47.8 Å². The quantitative estimate of drug-likeness (QED) is 0.840. The normalized spacial score (nSPS) is 10.6. The zero-order valence-electron chi connectivity index (χ0n) is 11.2. The van der Waals surface area contributed by atoms with Gasteiger partial charge in [-0.1, -0.05) is 43.2 Å². The first-order valence-corrected chi connectivity index (χ1v) is 6.60. The van der Waals surface area contributed by atoms with Crippen LogP contribution in [0.1, 0.15) is 30.9 Å². The predicted molar refractivity (Wildman–Crippen MR) is 75.6 cm³/mol. The number of aromatic nitrogens is 2. The largest absolute Gasteiger partial charge is 0.352 e. The van der Waals surface area contributed by atoms with Crippen molar-refractivity contribution in [3.8, 4) is 0 Å². The molecule has 1 N–H and O–H groups in total. The summed E-state index contributed by atoms with van der Waals surface area (Å²) < 4.78 is 2.18. The first-order chi connectivity index (χ1) is 8.79. The van der Waals surface area contributed by atoms with E-state index in [2.05, 4.69) is 53.0 Å². The lowest BCUT2D eigenvalue weighted by atomic mass is 10.1. The van der Waals surface area contributed by atoms with Crippen LogP contribution in [-0.2, 0) is 13.1 Å². The number of anilines is 1. The van der Waals surface area contributed by atoms with Crippen molar-refractivity contribution in [2.24, 2.45) is 0 Å². The van der Waals surface area contributed by atoms with Crippen LogP contribution in [0.15, 0.2) is 36.7 Å². The second-order valence-electron chi connectivity index (χ2n) is 4.64. The molecule has 0 radical (unpaired) electrons. The number of rotatable bonds is 6. The van der Waals surface area contributed by atoms with E-state index in [4.69, 9.17) is 0 Å². The molecule has 0 amide bonds. The Bertz CT molecular complexity index is 488. The summed E-state index contributed by atoms with van der Waals surface area (Å²) in [6.07, 6.45) is 6.29. The van der Waals surface area contributed by atoms with Gasteiger partial charge in [0.2, 0.25) is 5.95 Å². The fourth-order valence-corrected chi connectivity index (χ4v) is 1.99. The van der Waals surface area contributed by atoms with Crippen LogP contribution in [0.5, 0.6) is 0 Å². The van der Waals surface area contributed by atoms with Crippen LogP contribution in [0.3, 0.4) is 0 Å². The molecule has 1 heterocycles. The van der Waals surface area contributed by atoms with Crippen LogP contribution in [-0.4, -0.2) is 9.55 Å². The Balaban J connectivity index is 1.95. The van der Waals surface area contributed by atoms with E-state index in [1.54, 1.807) is 0 Å². The molecule has 0 aliphatic heterocycles. The smallest absolute Gasteiger partial charge is 0.203 e. The average molecular weight is 243 g/mol. The van der Waals surface area contributed by atoms with E-state index < -0.39 is 0 Å². The highest BCUT2D eigenvalue weighted by molar-refractivity contribution is 5.30. The molecule has 0 bridgehead atoms. The molecule has 0 saturated carbocycles. The summed E-state index contributed by atoms with van der Waals surface area (Å²) in [4.78, 5) is 4.36. The second-order valence-corrected chi connectivity index (χ2v) is 4.64. The zero-order valence-corrected chi connectivity index (χ0v) is 11.2. The number of imidazole rings is 1. The summed E-state index contributed by atoms with van der Waals surface area (Å²) in [5.41, 5.74) is 2.59. The number of hydrogen-bond donors (Lipinski definition) is 1. The maximum Gasteiger partial charge on any atom is 0.203 e. The summed E-state index contributed by atoms with van der Waals surface area (Å²) in [7, 11) is 0. The molecule has 96 valence electrons. The molecule has 1 aromatic heterocycles. The zero-order chi connectivity index (χ0) is 12.8. The highest BCUT2D eigenvalue weighted by atomic mass is 15.2. The van der Waals surface area contributed by atoms with Crippen molar-refractivity contribution < 1.29 is 0 Å². The Labute approximate surface area is 109 Å². The number of benzene rings is 1. The summed E-state index contributed by atoms with van der Waals surface area (Å²) in [5.74, 6) is 0.963. The fraction of sp³-hybridized carbons (Fsp3) is 0.400.